The Morgan fingerprint density at radius 3 is 2.21 bits per heavy atom. The number of carbonyl (C=O) groups excluding carboxylic acids is 1. The zero-order valence-corrected chi connectivity index (χ0v) is 11.2. The van der Waals surface area contributed by atoms with E-state index in [1.165, 1.54) is 0 Å². The number of amides is 1. The first-order valence-corrected chi connectivity index (χ1v) is 6.17. The van der Waals surface area contributed by atoms with Crippen molar-refractivity contribution in [2.45, 2.75) is 13.5 Å². The molecule has 0 N–H and O–H groups in total. The molecule has 0 spiro atoms. The lowest BCUT2D eigenvalue weighted by Crippen LogP contribution is -2.27. The van der Waals surface area contributed by atoms with Crippen LogP contribution in [-0.2, 0) is 11.3 Å². The number of hydrogen-bond acceptors (Lipinski definition) is 2. The molecule has 0 unspecified atom stereocenters. The zero-order chi connectivity index (χ0) is 13.7. The van der Waals surface area contributed by atoms with E-state index < -0.39 is 0 Å². The maximum Gasteiger partial charge on any atom is 0.224 e. The molecule has 0 aliphatic heterocycles. The van der Waals surface area contributed by atoms with E-state index >= 15 is 0 Å². The van der Waals surface area contributed by atoms with Crippen LogP contribution in [0.5, 0.6) is 5.75 Å². The largest absolute Gasteiger partial charge is 0.497 e. The molecule has 0 bridgehead atoms. The maximum atomic E-state index is 11.8. The monoisotopic (exact) mass is 255 g/mol. The van der Waals surface area contributed by atoms with Gasteiger partial charge in [0.25, 0.3) is 0 Å². The van der Waals surface area contributed by atoms with E-state index in [9.17, 15) is 4.79 Å². The lowest BCUT2D eigenvalue weighted by Gasteiger charge is -2.21. The Morgan fingerprint density at radius 1 is 1.05 bits per heavy atom. The molecule has 0 heterocycles. The van der Waals surface area contributed by atoms with Crippen molar-refractivity contribution < 1.29 is 9.53 Å². The molecule has 0 fully saturated rings. The van der Waals surface area contributed by atoms with Crippen molar-refractivity contribution in [2.75, 3.05) is 12.0 Å². The third-order valence-corrected chi connectivity index (χ3v) is 2.95. The summed E-state index contributed by atoms with van der Waals surface area (Å²) in [6.45, 7) is 2.15. The van der Waals surface area contributed by atoms with E-state index in [0.29, 0.717) is 6.54 Å². The molecule has 0 aliphatic carbocycles. The predicted octanol–water partition coefficient (Wildman–Crippen LogP) is 3.25. The van der Waals surface area contributed by atoms with Crippen molar-refractivity contribution in [2.24, 2.45) is 0 Å². The lowest BCUT2D eigenvalue weighted by atomic mass is 10.2. The average Bonchev–Trinajstić information content (AvgIpc) is 2.46. The van der Waals surface area contributed by atoms with Gasteiger partial charge in [-0.05, 0) is 29.8 Å². The molecule has 2 aromatic rings. The summed E-state index contributed by atoms with van der Waals surface area (Å²) < 4.78 is 5.12. The van der Waals surface area contributed by atoms with Crippen LogP contribution in [0, 0.1) is 0 Å². The van der Waals surface area contributed by atoms with E-state index in [4.69, 9.17) is 4.74 Å². The quantitative estimate of drug-likeness (QED) is 0.839. The summed E-state index contributed by atoms with van der Waals surface area (Å²) in [7, 11) is 1.63. The number of hydrogen-bond donors (Lipinski definition) is 0. The molecule has 2 rings (SSSR count). The molecule has 0 saturated carbocycles. The molecule has 0 atom stereocenters. The van der Waals surface area contributed by atoms with Crippen LogP contribution in [0.15, 0.2) is 54.6 Å². The highest BCUT2D eigenvalue weighted by Gasteiger charge is 2.11. The molecule has 0 radical (unpaired) electrons. The van der Waals surface area contributed by atoms with Crippen LogP contribution in [0.2, 0.25) is 0 Å². The van der Waals surface area contributed by atoms with Gasteiger partial charge in [0.15, 0.2) is 0 Å². The van der Waals surface area contributed by atoms with Crippen molar-refractivity contribution in [3.05, 3.63) is 60.2 Å². The van der Waals surface area contributed by atoms with Gasteiger partial charge in [-0.15, -0.1) is 0 Å². The van der Waals surface area contributed by atoms with Gasteiger partial charge in [0.05, 0.1) is 13.7 Å². The molecule has 0 aromatic heterocycles. The van der Waals surface area contributed by atoms with E-state index in [1.807, 2.05) is 54.6 Å². The topological polar surface area (TPSA) is 29.5 Å². The normalized spacial score (nSPS) is 10.0. The summed E-state index contributed by atoms with van der Waals surface area (Å²) in [6.07, 6.45) is 0. The third kappa shape index (κ3) is 3.35. The second-order valence-corrected chi connectivity index (χ2v) is 4.29. The van der Waals surface area contributed by atoms with Crippen molar-refractivity contribution >= 4 is 11.6 Å². The van der Waals surface area contributed by atoms with Crippen LogP contribution in [-0.4, -0.2) is 13.0 Å². The van der Waals surface area contributed by atoms with Crippen molar-refractivity contribution in [3.8, 4) is 5.75 Å². The van der Waals surface area contributed by atoms with Crippen LogP contribution in [0.3, 0.4) is 0 Å². The van der Waals surface area contributed by atoms with Gasteiger partial charge in [-0.25, -0.2) is 0 Å². The number of ether oxygens (including phenoxy) is 1. The minimum Gasteiger partial charge on any atom is -0.497 e. The minimum atomic E-state index is 0.0222. The standard InChI is InChI=1S/C16H17NO2/c1-13(18)17(12-14-6-4-3-5-7-14)15-8-10-16(19-2)11-9-15/h3-11H,12H2,1-2H3. The Hall–Kier alpha value is -2.29. The molecule has 19 heavy (non-hydrogen) atoms. The number of nitrogens with zero attached hydrogens (tertiary/aromatic N) is 1. The van der Waals surface area contributed by atoms with Gasteiger partial charge in [0.2, 0.25) is 5.91 Å². The van der Waals surface area contributed by atoms with Crippen LogP contribution in [0.4, 0.5) is 5.69 Å². The molecule has 3 heteroatoms. The van der Waals surface area contributed by atoms with Gasteiger partial charge in [-0.3, -0.25) is 4.79 Å². The average molecular weight is 255 g/mol. The summed E-state index contributed by atoms with van der Waals surface area (Å²) in [4.78, 5) is 13.5. The summed E-state index contributed by atoms with van der Waals surface area (Å²) >= 11 is 0. The Morgan fingerprint density at radius 2 is 1.68 bits per heavy atom. The highest BCUT2D eigenvalue weighted by atomic mass is 16.5. The molecule has 2 aromatic carbocycles. The van der Waals surface area contributed by atoms with Crippen LogP contribution in [0.25, 0.3) is 0 Å². The summed E-state index contributed by atoms with van der Waals surface area (Å²) in [5, 5.41) is 0. The SMILES string of the molecule is COc1ccc(N(Cc2ccccc2)C(C)=O)cc1. The highest BCUT2D eigenvalue weighted by Crippen LogP contribution is 2.21. The van der Waals surface area contributed by atoms with Crippen molar-refractivity contribution in [3.63, 3.8) is 0 Å². The Balaban J connectivity index is 2.22. The number of benzene rings is 2. The molecule has 1 amide bonds. The Kier molecular flexibility index (Phi) is 4.18. The zero-order valence-electron chi connectivity index (χ0n) is 11.2. The fraction of sp³-hybridized carbons (Fsp3) is 0.188. The number of anilines is 1. The van der Waals surface area contributed by atoms with Gasteiger partial charge in [-0.2, -0.15) is 0 Å². The fourth-order valence-corrected chi connectivity index (χ4v) is 1.91. The van der Waals surface area contributed by atoms with Gasteiger partial charge < -0.3 is 9.64 Å². The smallest absolute Gasteiger partial charge is 0.224 e. The Bertz CT molecular complexity index is 534. The Labute approximate surface area is 113 Å². The van der Waals surface area contributed by atoms with Gasteiger partial charge in [0, 0.05) is 12.6 Å². The van der Waals surface area contributed by atoms with Crippen molar-refractivity contribution in [1.82, 2.24) is 0 Å². The maximum absolute atomic E-state index is 11.8. The third-order valence-electron chi connectivity index (χ3n) is 2.95. The van der Waals surface area contributed by atoms with Crippen molar-refractivity contribution in [1.29, 1.82) is 0 Å². The number of methoxy groups -OCH3 is 1. The summed E-state index contributed by atoms with van der Waals surface area (Å²) in [5.41, 5.74) is 1.98. The summed E-state index contributed by atoms with van der Waals surface area (Å²) in [6, 6.07) is 17.4. The molecular formula is C16H17NO2. The van der Waals surface area contributed by atoms with Crippen LogP contribution < -0.4 is 9.64 Å². The lowest BCUT2D eigenvalue weighted by molar-refractivity contribution is -0.116. The molecular weight excluding hydrogens is 238 g/mol. The number of rotatable bonds is 4. The van der Waals surface area contributed by atoms with E-state index in [1.54, 1.807) is 18.9 Å². The van der Waals surface area contributed by atoms with E-state index in [2.05, 4.69) is 0 Å². The molecule has 0 saturated heterocycles. The minimum absolute atomic E-state index is 0.0222. The van der Waals surface area contributed by atoms with E-state index in [-0.39, 0.29) is 5.91 Å². The van der Waals surface area contributed by atoms with Gasteiger partial charge in [-0.1, -0.05) is 30.3 Å². The second-order valence-electron chi connectivity index (χ2n) is 4.29. The first-order valence-electron chi connectivity index (χ1n) is 6.17. The fourth-order valence-electron chi connectivity index (χ4n) is 1.91. The van der Waals surface area contributed by atoms with Crippen LogP contribution >= 0.6 is 0 Å². The molecule has 0 aliphatic rings. The molecule has 3 nitrogen and oxygen atoms in total. The van der Waals surface area contributed by atoms with E-state index in [0.717, 1.165) is 17.0 Å². The first-order chi connectivity index (χ1) is 9.20. The first kappa shape index (κ1) is 13.1. The second kappa shape index (κ2) is 6.05. The molecule has 98 valence electrons. The number of carbonyl (C=O) groups is 1. The predicted molar refractivity (Wildman–Crippen MR) is 76.3 cm³/mol. The highest BCUT2D eigenvalue weighted by molar-refractivity contribution is 5.91. The summed E-state index contributed by atoms with van der Waals surface area (Å²) in [5.74, 6) is 0.806. The van der Waals surface area contributed by atoms with Crippen LogP contribution in [0.1, 0.15) is 12.5 Å². The van der Waals surface area contributed by atoms with Gasteiger partial charge in [0.1, 0.15) is 5.75 Å². The van der Waals surface area contributed by atoms with Gasteiger partial charge >= 0.3 is 0 Å².